The lowest BCUT2D eigenvalue weighted by Gasteiger charge is -2.28. The predicted octanol–water partition coefficient (Wildman–Crippen LogP) is 6.19. The Kier molecular flexibility index (Phi) is 4.91. The highest BCUT2D eigenvalue weighted by Crippen LogP contribution is 2.40. The summed E-state index contributed by atoms with van der Waals surface area (Å²) < 4.78 is 86.1. The lowest BCUT2D eigenvalue weighted by Crippen LogP contribution is -2.26. The van der Waals surface area contributed by atoms with Gasteiger partial charge in [-0.3, -0.25) is 0 Å². The number of benzene rings is 2. The minimum atomic E-state index is -4.48. The molecule has 1 saturated carbocycles. The Balaban J connectivity index is 2.03. The maximum absolute atomic E-state index is 14.0. The summed E-state index contributed by atoms with van der Waals surface area (Å²) in [5, 5.41) is 0. The van der Waals surface area contributed by atoms with Crippen LogP contribution in [0.1, 0.15) is 43.4 Å². The lowest BCUT2D eigenvalue weighted by molar-refractivity contribution is -0.135. The molecule has 1 aliphatic carbocycles. The molecule has 0 unspecified atom stereocenters. The second kappa shape index (κ2) is 6.77. The van der Waals surface area contributed by atoms with Crippen molar-refractivity contribution in [3.05, 3.63) is 64.7 Å². The summed E-state index contributed by atoms with van der Waals surface area (Å²) in [6.07, 6.45) is -2.37. The molecular weight excluding hydrogens is 370 g/mol. The van der Waals surface area contributed by atoms with Gasteiger partial charge in [-0.2, -0.15) is 8.78 Å². The molecule has 1 nitrogen and oxygen atoms in total. The van der Waals surface area contributed by atoms with Crippen LogP contribution in [0, 0.1) is 11.6 Å². The van der Waals surface area contributed by atoms with Crippen molar-refractivity contribution in [2.75, 3.05) is 0 Å². The summed E-state index contributed by atoms with van der Waals surface area (Å²) in [6, 6.07) is 6.32. The average molecular weight is 388 g/mol. The quantitative estimate of drug-likeness (QED) is 0.536. The van der Waals surface area contributed by atoms with E-state index in [2.05, 4.69) is 0 Å². The van der Waals surface area contributed by atoms with Crippen LogP contribution in [0.3, 0.4) is 0 Å². The number of rotatable bonds is 6. The molecule has 0 heterocycles. The van der Waals surface area contributed by atoms with E-state index in [0.29, 0.717) is 11.6 Å². The van der Waals surface area contributed by atoms with E-state index in [1.807, 2.05) is 0 Å². The van der Waals surface area contributed by atoms with Crippen LogP contribution in [0.25, 0.3) is 0 Å². The highest BCUT2D eigenvalue weighted by Gasteiger charge is 2.43. The van der Waals surface area contributed by atoms with Crippen molar-refractivity contribution < 1.29 is 31.1 Å². The van der Waals surface area contributed by atoms with Gasteiger partial charge in [0, 0.05) is 11.0 Å². The first kappa shape index (κ1) is 19.6. The van der Waals surface area contributed by atoms with Crippen molar-refractivity contribution in [3.63, 3.8) is 0 Å². The van der Waals surface area contributed by atoms with Gasteiger partial charge >= 0.3 is 12.3 Å². The minimum absolute atomic E-state index is 0.0256. The monoisotopic (exact) mass is 388 g/mol. The molecule has 1 fully saturated rings. The zero-order valence-electron chi connectivity index (χ0n) is 14.7. The molecule has 146 valence electrons. The lowest BCUT2D eigenvalue weighted by atomic mass is 9.77. The topological polar surface area (TPSA) is 9.23 Å². The van der Waals surface area contributed by atoms with Crippen LogP contribution in [0.4, 0.5) is 26.3 Å². The Bertz CT molecular complexity index is 842. The average Bonchev–Trinajstić information content (AvgIpc) is 3.40. The molecule has 0 radical (unpaired) electrons. The number of ether oxygens (including phenoxy) is 1. The smallest absolute Gasteiger partial charge is 0.332 e. The standard InChI is InChI=1S/C20H18F6O/c1-19(2,11-3-6-16(22)17(10-11)27-15-4-5-15)12-7-13(9-14(21)8-12)20(25,26)18(23)24/h3,6-10,15,18H,4-5H2,1-2H3. The van der Waals surface area contributed by atoms with E-state index in [4.69, 9.17) is 4.74 Å². The first-order valence-corrected chi connectivity index (χ1v) is 8.46. The van der Waals surface area contributed by atoms with Gasteiger partial charge in [-0.15, -0.1) is 0 Å². The Morgan fingerprint density at radius 2 is 1.56 bits per heavy atom. The second-order valence-electron chi connectivity index (χ2n) is 7.24. The van der Waals surface area contributed by atoms with Crippen LogP contribution >= 0.6 is 0 Å². The molecule has 0 atom stereocenters. The Morgan fingerprint density at radius 1 is 0.926 bits per heavy atom. The van der Waals surface area contributed by atoms with Crippen molar-refractivity contribution in [1.82, 2.24) is 0 Å². The maximum Gasteiger partial charge on any atom is 0.332 e. The van der Waals surface area contributed by atoms with E-state index < -0.39 is 35.0 Å². The van der Waals surface area contributed by atoms with Crippen LogP contribution in [-0.4, -0.2) is 12.5 Å². The Labute approximate surface area is 153 Å². The SMILES string of the molecule is CC(C)(c1cc(F)cc(C(F)(F)C(F)F)c1)c1ccc(F)c(OC2CC2)c1. The number of halogens is 6. The van der Waals surface area contributed by atoms with Gasteiger partial charge in [-0.05, 0) is 54.3 Å². The van der Waals surface area contributed by atoms with Gasteiger partial charge in [0.05, 0.1) is 6.10 Å². The number of hydrogen-bond donors (Lipinski definition) is 0. The molecule has 0 bridgehead atoms. The second-order valence-corrected chi connectivity index (χ2v) is 7.24. The molecular formula is C20H18F6O. The summed E-state index contributed by atoms with van der Waals surface area (Å²) in [7, 11) is 0. The van der Waals surface area contributed by atoms with Gasteiger partial charge in [-0.1, -0.05) is 19.9 Å². The Hall–Kier alpha value is -2.18. The van der Waals surface area contributed by atoms with Gasteiger partial charge in [-0.25, -0.2) is 17.6 Å². The first-order chi connectivity index (χ1) is 12.5. The third kappa shape index (κ3) is 3.92. The van der Waals surface area contributed by atoms with Gasteiger partial charge < -0.3 is 4.74 Å². The molecule has 0 spiro atoms. The fourth-order valence-corrected chi connectivity index (χ4v) is 2.78. The largest absolute Gasteiger partial charge is 0.487 e. The number of alkyl halides is 4. The van der Waals surface area contributed by atoms with Crippen LogP contribution in [0.15, 0.2) is 36.4 Å². The molecule has 3 rings (SSSR count). The van der Waals surface area contributed by atoms with Gasteiger partial charge in [0.2, 0.25) is 0 Å². The summed E-state index contributed by atoms with van der Waals surface area (Å²) >= 11 is 0. The van der Waals surface area contributed by atoms with E-state index in [1.165, 1.54) is 18.2 Å². The minimum Gasteiger partial charge on any atom is -0.487 e. The van der Waals surface area contributed by atoms with Crippen LogP contribution < -0.4 is 4.74 Å². The van der Waals surface area contributed by atoms with E-state index in [0.717, 1.165) is 25.0 Å². The van der Waals surface area contributed by atoms with Gasteiger partial charge in [0.1, 0.15) is 5.82 Å². The highest BCUT2D eigenvalue weighted by atomic mass is 19.3. The van der Waals surface area contributed by atoms with E-state index in [-0.39, 0.29) is 17.4 Å². The summed E-state index contributed by atoms with van der Waals surface area (Å²) in [6.45, 7) is 3.22. The fourth-order valence-electron chi connectivity index (χ4n) is 2.78. The maximum atomic E-state index is 14.0. The molecule has 0 aliphatic heterocycles. The fraction of sp³-hybridized carbons (Fsp3) is 0.400. The zero-order chi connectivity index (χ0) is 20.0. The van der Waals surface area contributed by atoms with Crippen LogP contribution in [0.2, 0.25) is 0 Å². The van der Waals surface area contributed by atoms with E-state index >= 15 is 0 Å². The molecule has 1 aliphatic rings. The van der Waals surface area contributed by atoms with E-state index in [1.54, 1.807) is 13.8 Å². The third-order valence-corrected chi connectivity index (χ3v) is 4.75. The molecule has 0 saturated heterocycles. The third-order valence-electron chi connectivity index (χ3n) is 4.75. The van der Waals surface area contributed by atoms with Gasteiger partial charge in [0.15, 0.2) is 11.6 Å². The summed E-state index contributed by atoms with van der Waals surface area (Å²) in [4.78, 5) is 0. The normalized spacial score (nSPS) is 15.3. The highest BCUT2D eigenvalue weighted by molar-refractivity contribution is 5.44. The molecule has 2 aromatic carbocycles. The molecule has 0 amide bonds. The predicted molar refractivity (Wildman–Crippen MR) is 88.5 cm³/mol. The van der Waals surface area contributed by atoms with Crippen LogP contribution in [-0.2, 0) is 11.3 Å². The first-order valence-electron chi connectivity index (χ1n) is 8.46. The zero-order valence-corrected chi connectivity index (χ0v) is 14.7. The van der Waals surface area contributed by atoms with E-state index in [9.17, 15) is 26.3 Å². The number of hydrogen-bond acceptors (Lipinski definition) is 1. The van der Waals surface area contributed by atoms with Crippen molar-refractivity contribution in [3.8, 4) is 5.75 Å². The van der Waals surface area contributed by atoms with Crippen molar-refractivity contribution >= 4 is 0 Å². The molecule has 2 aromatic rings. The summed E-state index contributed by atoms with van der Waals surface area (Å²) in [5.41, 5.74) is -1.60. The van der Waals surface area contributed by atoms with Crippen LogP contribution in [0.5, 0.6) is 5.75 Å². The molecule has 0 aromatic heterocycles. The molecule has 7 heteroatoms. The Morgan fingerprint density at radius 3 is 2.15 bits per heavy atom. The van der Waals surface area contributed by atoms with Crippen molar-refractivity contribution in [2.24, 2.45) is 0 Å². The molecule has 0 N–H and O–H groups in total. The summed E-state index contributed by atoms with van der Waals surface area (Å²) in [5.74, 6) is -6.06. The van der Waals surface area contributed by atoms with Crippen molar-refractivity contribution in [1.29, 1.82) is 0 Å². The van der Waals surface area contributed by atoms with Crippen molar-refractivity contribution in [2.45, 2.75) is 50.6 Å². The van der Waals surface area contributed by atoms with Gasteiger partial charge in [0.25, 0.3) is 0 Å². The molecule has 27 heavy (non-hydrogen) atoms.